The van der Waals surface area contributed by atoms with Crippen molar-refractivity contribution in [3.05, 3.63) is 65.0 Å². The first-order chi connectivity index (χ1) is 14.5. The van der Waals surface area contributed by atoms with Gasteiger partial charge in [0.25, 0.3) is 5.91 Å². The van der Waals surface area contributed by atoms with Crippen molar-refractivity contribution >= 4 is 12.1 Å². The van der Waals surface area contributed by atoms with E-state index in [0.717, 1.165) is 39.1 Å². The SMILES string of the molecule is CCCc1cc(F)cc(/C=N/NC(=O)CN2CCN(Cc3ccccc3)CC2)c1O. The van der Waals surface area contributed by atoms with Crippen LogP contribution in [0, 0.1) is 5.82 Å². The monoisotopic (exact) mass is 412 g/mol. The van der Waals surface area contributed by atoms with Crippen LogP contribution in [-0.2, 0) is 17.8 Å². The Morgan fingerprint density at radius 1 is 1.17 bits per heavy atom. The second kappa shape index (κ2) is 10.8. The van der Waals surface area contributed by atoms with E-state index in [-0.39, 0.29) is 23.8 Å². The molecule has 2 aromatic rings. The van der Waals surface area contributed by atoms with Gasteiger partial charge in [-0.25, -0.2) is 9.82 Å². The van der Waals surface area contributed by atoms with Crippen LogP contribution in [0.2, 0.25) is 0 Å². The number of piperazine rings is 1. The lowest BCUT2D eigenvalue weighted by Gasteiger charge is -2.34. The van der Waals surface area contributed by atoms with E-state index in [9.17, 15) is 14.3 Å². The number of aromatic hydroxyl groups is 1. The standard InChI is InChI=1S/C23H29FN4O2/c1-2-6-19-13-21(24)14-20(23(19)30)15-25-26-22(29)17-28-11-9-27(10-12-28)16-18-7-4-3-5-8-18/h3-5,7-8,13-15,30H,2,6,9-12,16-17H2,1H3,(H,26,29)/b25-15+. The van der Waals surface area contributed by atoms with Gasteiger partial charge in [0.2, 0.25) is 0 Å². The smallest absolute Gasteiger partial charge is 0.254 e. The van der Waals surface area contributed by atoms with Crippen LogP contribution >= 0.6 is 0 Å². The first-order valence-corrected chi connectivity index (χ1v) is 10.4. The molecular formula is C23H29FN4O2. The number of carbonyl (C=O) groups excluding carboxylic acids is 1. The van der Waals surface area contributed by atoms with Crippen molar-refractivity contribution in [1.82, 2.24) is 15.2 Å². The number of nitrogens with one attached hydrogen (secondary N) is 1. The number of rotatable bonds is 8. The van der Waals surface area contributed by atoms with Crippen molar-refractivity contribution in [2.45, 2.75) is 26.3 Å². The largest absolute Gasteiger partial charge is 0.507 e. The van der Waals surface area contributed by atoms with Gasteiger partial charge >= 0.3 is 0 Å². The van der Waals surface area contributed by atoms with Gasteiger partial charge in [-0.1, -0.05) is 43.7 Å². The molecule has 1 aliphatic heterocycles. The summed E-state index contributed by atoms with van der Waals surface area (Å²) >= 11 is 0. The molecule has 0 spiro atoms. The van der Waals surface area contributed by atoms with Crippen molar-refractivity contribution in [1.29, 1.82) is 0 Å². The highest BCUT2D eigenvalue weighted by Gasteiger charge is 2.18. The molecule has 0 aliphatic carbocycles. The fourth-order valence-electron chi connectivity index (χ4n) is 3.60. The lowest BCUT2D eigenvalue weighted by Crippen LogP contribution is -2.48. The van der Waals surface area contributed by atoms with Gasteiger partial charge in [0, 0.05) is 38.3 Å². The number of carbonyl (C=O) groups is 1. The zero-order valence-corrected chi connectivity index (χ0v) is 17.4. The Labute approximate surface area is 177 Å². The summed E-state index contributed by atoms with van der Waals surface area (Å²) in [7, 11) is 0. The summed E-state index contributed by atoms with van der Waals surface area (Å²) < 4.78 is 13.7. The fraction of sp³-hybridized carbons (Fsp3) is 0.391. The van der Waals surface area contributed by atoms with Gasteiger partial charge in [0.05, 0.1) is 12.8 Å². The number of phenols is 1. The number of nitrogens with zero attached hydrogens (tertiary/aromatic N) is 3. The van der Waals surface area contributed by atoms with E-state index in [1.807, 2.05) is 25.1 Å². The average Bonchev–Trinajstić information content (AvgIpc) is 2.73. The van der Waals surface area contributed by atoms with Crippen LogP contribution in [0.15, 0.2) is 47.6 Å². The van der Waals surface area contributed by atoms with E-state index in [1.54, 1.807) is 0 Å². The third-order valence-electron chi connectivity index (χ3n) is 5.18. The third kappa shape index (κ3) is 6.37. The molecule has 1 fully saturated rings. The van der Waals surface area contributed by atoms with Crippen molar-refractivity contribution in [2.24, 2.45) is 5.10 Å². The van der Waals surface area contributed by atoms with E-state index in [2.05, 4.69) is 32.5 Å². The predicted octanol–water partition coefficient (Wildman–Crippen LogP) is 2.75. The second-order valence-corrected chi connectivity index (χ2v) is 7.58. The maximum Gasteiger partial charge on any atom is 0.254 e. The Hall–Kier alpha value is -2.77. The maximum atomic E-state index is 13.7. The number of aryl methyl sites for hydroxylation is 1. The Morgan fingerprint density at radius 2 is 1.87 bits per heavy atom. The van der Waals surface area contributed by atoms with Gasteiger partial charge in [0.15, 0.2) is 0 Å². The molecule has 0 aromatic heterocycles. The summed E-state index contributed by atoms with van der Waals surface area (Å²) in [5.74, 6) is -0.657. The van der Waals surface area contributed by atoms with Gasteiger partial charge in [-0.15, -0.1) is 0 Å². The number of hydrogen-bond acceptors (Lipinski definition) is 5. The first-order valence-electron chi connectivity index (χ1n) is 10.4. The molecule has 3 rings (SSSR count). The molecule has 1 heterocycles. The molecular weight excluding hydrogens is 383 g/mol. The molecule has 0 radical (unpaired) electrons. The molecule has 1 amide bonds. The summed E-state index contributed by atoms with van der Waals surface area (Å²) in [5.41, 5.74) is 4.56. The topological polar surface area (TPSA) is 68.2 Å². The summed E-state index contributed by atoms with van der Waals surface area (Å²) in [6.07, 6.45) is 2.66. The normalized spacial score (nSPS) is 15.5. The number of benzene rings is 2. The molecule has 2 aromatic carbocycles. The molecule has 0 atom stereocenters. The Morgan fingerprint density at radius 3 is 2.57 bits per heavy atom. The van der Waals surface area contributed by atoms with Crippen molar-refractivity contribution in [3.8, 4) is 5.75 Å². The minimum absolute atomic E-state index is 0.00536. The fourth-order valence-corrected chi connectivity index (χ4v) is 3.60. The van der Waals surface area contributed by atoms with Crippen LogP contribution < -0.4 is 5.43 Å². The second-order valence-electron chi connectivity index (χ2n) is 7.58. The number of halogens is 1. The summed E-state index contributed by atoms with van der Waals surface area (Å²) in [4.78, 5) is 16.6. The highest BCUT2D eigenvalue weighted by molar-refractivity contribution is 5.86. The Bertz CT molecular complexity index is 865. The lowest BCUT2D eigenvalue weighted by molar-refractivity contribution is -0.122. The average molecular weight is 413 g/mol. The van der Waals surface area contributed by atoms with Crippen LogP contribution in [0.1, 0.15) is 30.0 Å². The number of hydrogen-bond donors (Lipinski definition) is 2. The maximum absolute atomic E-state index is 13.7. The molecule has 1 saturated heterocycles. The number of amides is 1. The number of phenolic OH excluding ortho intramolecular Hbond substituents is 1. The highest BCUT2D eigenvalue weighted by Crippen LogP contribution is 2.24. The number of hydrazone groups is 1. The molecule has 6 nitrogen and oxygen atoms in total. The summed E-state index contributed by atoms with van der Waals surface area (Å²) in [5, 5.41) is 14.1. The van der Waals surface area contributed by atoms with E-state index in [0.29, 0.717) is 12.0 Å². The van der Waals surface area contributed by atoms with Crippen molar-refractivity contribution in [3.63, 3.8) is 0 Å². The van der Waals surface area contributed by atoms with E-state index < -0.39 is 5.82 Å². The van der Waals surface area contributed by atoms with Crippen LogP contribution in [0.4, 0.5) is 4.39 Å². The van der Waals surface area contributed by atoms with Crippen LogP contribution in [0.5, 0.6) is 5.75 Å². The van der Waals surface area contributed by atoms with Gasteiger partial charge in [-0.2, -0.15) is 5.10 Å². The van der Waals surface area contributed by atoms with Crippen LogP contribution in [0.3, 0.4) is 0 Å². The molecule has 0 bridgehead atoms. The van der Waals surface area contributed by atoms with Crippen LogP contribution in [-0.4, -0.2) is 59.8 Å². The zero-order valence-electron chi connectivity index (χ0n) is 17.4. The van der Waals surface area contributed by atoms with E-state index in [4.69, 9.17) is 0 Å². The van der Waals surface area contributed by atoms with Gasteiger partial charge < -0.3 is 5.11 Å². The third-order valence-corrected chi connectivity index (χ3v) is 5.18. The molecule has 0 unspecified atom stereocenters. The molecule has 2 N–H and O–H groups in total. The zero-order chi connectivity index (χ0) is 21.3. The molecule has 0 saturated carbocycles. The van der Waals surface area contributed by atoms with E-state index in [1.165, 1.54) is 23.9 Å². The highest BCUT2D eigenvalue weighted by atomic mass is 19.1. The van der Waals surface area contributed by atoms with Crippen molar-refractivity contribution in [2.75, 3.05) is 32.7 Å². The minimum atomic E-state index is -0.433. The van der Waals surface area contributed by atoms with Crippen LogP contribution in [0.25, 0.3) is 0 Å². The first kappa shape index (κ1) is 21.9. The molecule has 7 heteroatoms. The Balaban J connectivity index is 1.44. The quantitative estimate of drug-likeness (QED) is 0.517. The predicted molar refractivity (Wildman–Crippen MR) is 116 cm³/mol. The summed E-state index contributed by atoms with van der Waals surface area (Å²) in [6.45, 7) is 6.57. The molecule has 30 heavy (non-hydrogen) atoms. The van der Waals surface area contributed by atoms with Gasteiger partial charge in [-0.05, 0) is 29.7 Å². The molecule has 1 aliphatic rings. The summed E-state index contributed by atoms with van der Waals surface area (Å²) in [6, 6.07) is 12.9. The van der Waals surface area contributed by atoms with Gasteiger partial charge in [-0.3, -0.25) is 14.6 Å². The molecule has 160 valence electrons. The minimum Gasteiger partial charge on any atom is -0.507 e. The Kier molecular flexibility index (Phi) is 7.93. The lowest BCUT2D eigenvalue weighted by atomic mass is 10.1. The van der Waals surface area contributed by atoms with Gasteiger partial charge in [0.1, 0.15) is 11.6 Å². The van der Waals surface area contributed by atoms with E-state index >= 15 is 0 Å². The van der Waals surface area contributed by atoms with Crippen molar-refractivity contribution < 1.29 is 14.3 Å².